The molecule has 1 aromatic carbocycles. The molecule has 0 N–H and O–H groups in total. The SMILES string of the molecule is CCSCC(=O)N1CCCN1C(=O)Cc1ccc(S(C)(=O)=O)cc1. The van der Waals surface area contributed by atoms with Crippen molar-refractivity contribution in [2.75, 3.05) is 30.9 Å². The third-order valence-electron chi connectivity index (χ3n) is 3.74. The van der Waals surface area contributed by atoms with Crippen LogP contribution in [0.1, 0.15) is 18.9 Å². The third kappa shape index (κ3) is 4.73. The van der Waals surface area contributed by atoms with Crippen molar-refractivity contribution >= 4 is 33.4 Å². The number of rotatable bonds is 6. The van der Waals surface area contributed by atoms with E-state index in [9.17, 15) is 18.0 Å². The first-order valence-electron chi connectivity index (χ1n) is 7.80. The van der Waals surface area contributed by atoms with Gasteiger partial charge in [-0.2, -0.15) is 11.8 Å². The van der Waals surface area contributed by atoms with Crippen LogP contribution in [0.25, 0.3) is 0 Å². The number of hydrogen-bond donors (Lipinski definition) is 0. The minimum atomic E-state index is -3.24. The molecule has 8 heteroatoms. The summed E-state index contributed by atoms with van der Waals surface area (Å²) in [5.74, 6) is 1.05. The molecule has 0 bridgehead atoms. The fraction of sp³-hybridized carbons (Fsp3) is 0.500. The number of carbonyl (C=O) groups excluding carboxylic acids is 2. The van der Waals surface area contributed by atoms with Crippen molar-refractivity contribution in [1.29, 1.82) is 0 Å². The first-order chi connectivity index (χ1) is 11.3. The van der Waals surface area contributed by atoms with Gasteiger partial charge < -0.3 is 0 Å². The van der Waals surface area contributed by atoms with Gasteiger partial charge in [-0.15, -0.1) is 0 Å². The number of hydrazine groups is 1. The maximum atomic E-state index is 12.5. The van der Waals surface area contributed by atoms with Crippen LogP contribution in [-0.4, -0.2) is 61.1 Å². The smallest absolute Gasteiger partial charge is 0.251 e. The Morgan fingerprint density at radius 1 is 1.08 bits per heavy atom. The van der Waals surface area contributed by atoms with Gasteiger partial charge >= 0.3 is 0 Å². The second-order valence-electron chi connectivity index (χ2n) is 5.62. The summed E-state index contributed by atoms with van der Waals surface area (Å²) in [4.78, 5) is 24.9. The highest BCUT2D eigenvalue weighted by Crippen LogP contribution is 2.16. The predicted octanol–water partition coefficient (Wildman–Crippen LogP) is 1.36. The normalized spacial score (nSPS) is 14.9. The van der Waals surface area contributed by atoms with E-state index in [0.29, 0.717) is 18.8 Å². The van der Waals surface area contributed by atoms with Gasteiger partial charge in [0.1, 0.15) is 0 Å². The first-order valence-corrected chi connectivity index (χ1v) is 10.8. The van der Waals surface area contributed by atoms with Gasteiger partial charge in [-0.1, -0.05) is 19.1 Å². The number of carbonyl (C=O) groups is 2. The first kappa shape index (κ1) is 18.8. The lowest BCUT2D eigenvalue weighted by Gasteiger charge is -2.28. The molecule has 1 saturated heterocycles. The van der Waals surface area contributed by atoms with Crippen molar-refractivity contribution in [2.24, 2.45) is 0 Å². The van der Waals surface area contributed by atoms with Crippen molar-refractivity contribution in [2.45, 2.75) is 24.7 Å². The average Bonchev–Trinajstić information content (AvgIpc) is 3.02. The standard InChI is InChI=1S/C16H22N2O4S2/c1-3-23-12-16(20)18-10-4-9-17(18)15(19)11-13-5-7-14(8-6-13)24(2,21)22/h5-8H,3-4,9-12H2,1-2H3. The summed E-state index contributed by atoms with van der Waals surface area (Å²) in [5.41, 5.74) is 0.731. The number of thioether (sulfide) groups is 1. The Labute approximate surface area is 147 Å². The molecule has 0 unspecified atom stereocenters. The van der Waals surface area contributed by atoms with Gasteiger partial charge in [0.15, 0.2) is 9.84 Å². The number of nitrogens with zero attached hydrogens (tertiary/aromatic N) is 2. The predicted molar refractivity (Wildman–Crippen MR) is 94.3 cm³/mol. The van der Waals surface area contributed by atoms with Crippen molar-refractivity contribution in [3.05, 3.63) is 29.8 Å². The van der Waals surface area contributed by atoms with E-state index < -0.39 is 9.84 Å². The lowest BCUT2D eigenvalue weighted by atomic mass is 10.1. The van der Waals surface area contributed by atoms with Gasteiger partial charge in [0.2, 0.25) is 5.91 Å². The van der Waals surface area contributed by atoms with E-state index in [0.717, 1.165) is 24.0 Å². The van der Waals surface area contributed by atoms with Crippen molar-refractivity contribution in [1.82, 2.24) is 10.0 Å². The van der Waals surface area contributed by atoms with Crippen LogP contribution in [0.4, 0.5) is 0 Å². The molecular formula is C16H22N2O4S2. The number of benzene rings is 1. The van der Waals surface area contributed by atoms with Crippen LogP contribution in [0.3, 0.4) is 0 Å². The van der Waals surface area contributed by atoms with Crippen LogP contribution in [-0.2, 0) is 25.8 Å². The molecular weight excluding hydrogens is 348 g/mol. The molecule has 6 nitrogen and oxygen atoms in total. The molecule has 2 amide bonds. The number of amides is 2. The summed E-state index contributed by atoms with van der Waals surface area (Å²) in [6.45, 7) is 3.11. The topological polar surface area (TPSA) is 74.8 Å². The number of hydrogen-bond acceptors (Lipinski definition) is 5. The van der Waals surface area contributed by atoms with Crippen LogP contribution in [0, 0.1) is 0 Å². The van der Waals surface area contributed by atoms with Crippen molar-refractivity contribution < 1.29 is 18.0 Å². The molecule has 0 spiro atoms. The van der Waals surface area contributed by atoms with Gasteiger partial charge in [-0.05, 0) is 29.9 Å². The highest BCUT2D eigenvalue weighted by molar-refractivity contribution is 7.99. The Hall–Kier alpha value is -1.54. The van der Waals surface area contributed by atoms with Crippen LogP contribution in [0.5, 0.6) is 0 Å². The molecule has 0 atom stereocenters. The lowest BCUT2D eigenvalue weighted by molar-refractivity contribution is -0.155. The maximum absolute atomic E-state index is 12.5. The lowest BCUT2D eigenvalue weighted by Crippen LogP contribution is -2.46. The molecule has 0 aromatic heterocycles. The fourth-order valence-electron chi connectivity index (χ4n) is 2.51. The minimum absolute atomic E-state index is 0.0416. The van der Waals surface area contributed by atoms with Gasteiger partial charge in [0.05, 0.1) is 17.1 Å². The molecule has 1 aliphatic heterocycles. The number of sulfone groups is 1. The Morgan fingerprint density at radius 2 is 1.67 bits per heavy atom. The molecule has 1 aliphatic rings. The van der Waals surface area contributed by atoms with E-state index in [-0.39, 0.29) is 23.1 Å². The van der Waals surface area contributed by atoms with Gasteiger partial charge in [0, 0.05) is 19.3 Å². The van der Waals surface area contributed by atoms with E-state index in [1.165, 1.54) is 33.9 Å². The molecule has 2 rings (SSSR count). The highest BCUT2D eigenvalue weighted by atomic mass is 32.2. The zero-order chi connectivity index (χ0) is 17.7. The third-order valence-corrected chi connectivity index (χ3v) is 5.73. The maximum Gasteiger partial charge on any atom is 0.251 e. The second kappa shape index (κ2) is 8.02. The molecule has 1 heterocycles. The minimum Gasteiger partial charge on any atom is -0.273 e. The largest absolute Gasteiger partial charge is 0.273 e. The van der Waals surface area contributed by atoms with Crippen LogP contribution in [0.15, 0.2) is 29.2 Å². The van der Waals surface area contributed by atoms with Crippen molar-refractivity contribution in [3.8, 4) is 0 Å². The highest BCUT2D eigenvalue weighted by Gasteiger charge is 2.30. The summed E-state index contributed by atoms with van der Waals surface area (Å²) in [6, 6.07) is 6.29. The fourth-order valence-corrected chi connectivity index (χ4v) is 3.67. The second-order valence-corrected chi connectivity index (χ2v) is 8.91. The Bertz CT molecular complexity index is 701. The van der Waals surface area contributed by atoms with E-state index in [4.69, 9.17) is 0 Å². The zero-order valence-electron chi connectivity index (χ0n) is 13.9. The van der Waals surface area contributed by atoms with E-state index in [2.05, 4.69) is 0 Å². The van der Waals surface area contributed by atoms with E-state index >= 15 is 0 Å². The summed E-state index contributed by atoms with van der Waals surface area (Å²) in [6.07, 6.45) is 2.07. The molecule has 24 heavy (non-hydrogen) atoms. The molecule has 0 aliphatic carbocycles. The average molecular weight is 370 g/mol. The molecule has 1 fully saturated rings. The zero-order valence-corrected chi connectivity index (χ0v) is 15.5. The van der Waals surface area contributed by atoms with Crippen LogP contribution in [0.2, 0.25) is 0 Å². The summed E-state index contributed by atoms with van der Waals surface area (Å²) >= 11 is 1.54. The van der Waals surface area contributed by atoms with Crippen LogP contribution >= 0.6 is 11.8 Å². The Morgan fingerprint density at radius 3 is 2.21 bits per heavy atom. The van der Waals surface area contributed by atoms with Crippen LogP contribution < -0.4 is 0 Å². The quantitative estimate of drug-likeness (QED) is 0.756. The summed E-state index contributed by atoms with van der Waals surface area (Å²) in [7, 11) is -3.24. The Balaban J connectivity index is 2.02. The van der Waals surface area contributed by atoms with Gasteiger partial charge in [0.25, 0.3) is 5.91 Å². The monoisotopic (exact) mass is 370 g/mol. The molecule has 1 aromatic rings. The van der Waals surface area contributed by atoms with E-state index in [1.54, 1.807) is 12.1 Å². The Kier molecular flexibility index (Phi) is 6.28. The molecule has 0 radical (unpaired) electrons. The molecule has 0 saturated carbocycles. The van der Waals surface area contributed by atoms with Crippen molar-refractivity contribution in [3.63, 3.8) is 0 Å². The van der Waals surface area contributed by atoms with Gasteiger partial charge in [-0.25, -0.2) is 8.42 Å². The summed E-state index contributed by atoms with van der Waals surface area (Å²) < 4.78 is 22.9. The molecule has 132 valence electrons. The van der Waals surface area contributed by atoms with E-state index in [1.807, 2.05) is 6.92 Å². The summed E-state index contributed by atoms with van der Waals surface area (Å²) in [5, 5.41) is 3.05. The van der Waals surface area contributed by atoms with Gasteiger partial charge in [-0.3, -0.25) is 19.6 Å².